The van der Waals surface area contributed by atoms with Crippen LogP contribution in [0.2, 0.25) is 5.02 Å². The normalized spacial score (nSPS) is 12.2. The van der Waals surface area contributed by atoms with Crippen LogP contribution >= 0.6 is 22.9 Å². The van der Waals surface area contributed by atoms with E-state index in [0.717, 1.165) is 28.1 Å². The highest BCUT2D eigenvalue weighted by Crippen LogP contribution is 2.34. The van der Waals surface area contributed by atoms with Crippen molar-refractivity contribution in [3.05, 3.63) is 67.9 Å². The summed E-state index contributed by atoms with van der Waals surface area (Å²) in [5.41, 5.74) is 3.34. The molecule has 164 valence electrons. The lowest BCUT2D eigenvalue weighted by Gasteiger charge is -2.12. The molecule has 2 heterocycles. The molecule has 1 aromatic carbocycles. The van der Waals surface area contributed by atoms with Gasteiger partial charge in [-0.05, 0) is 55.0 Å². The number of hydrogen-bond donors (Lipinski definition) is 3. The van der Waals surface area contributed by atoms with Crippen LogP contribution < -0.4 is 10.9 Å². The van der Waals surface area contributed by atoms with Gasteiger partial charge in [-0.25, -0.2) is 4.98 Å². The molecule has 0 aliphatic heterocycles. The molecular formula is C23H26ClN3O3S. The second-order valence-corrected chi connectivity index (χ2v) is 9.52. The van der Waals surface area contributed by atoms with Crippen molar-refractivity contribution in [3.63, 3.8) is 0 Å². The van der Waals surface area contributed by atoms with E-state index < -0.39 is 11.9 Å². The van der Waals surface area contributed by atoms with Crippen molar-refractivity contribution in [2.24, 2.45) is 11.8 Å². The summed E-state index contributed by atoms with van der Waals surface area (Å²) < 4.78 is 0. The van der Waals surface area contributed by atoms with Gasteiger partial charge in [0.1, 0.15) is 0 Å². The topological polar surface area (TPSA) is 95.1 Å². The van der Waals surface area contributed by atoms with Crippen LogP contribution in [0, 0.1) is 18.8 Å². The lowest BCUT2D eigenvalue weighted by Crippen LogP contribution is -2.25. The van der Waals surface area contributed by atoms with Crippen molar-refractivity contribution in [2.45, 2.75) is 33.6 Å². The van der Waals surface area contributed by atoms with Crippen molar-refractivity contribution in [1.29, 1.82) is 0 Å². The van der Waals surface area contributed by atoms with Gasteiger partial charge in [-0.2, -0.15) is 0 Å². The Morgan fingerprint density at radius 1 is 1.26 bits per heavy atom. The Hall–Kier alpha value is -2.64. The molecule has 3 rings (SSSR count). The number of halogens is 1. The van der Waals surface area contributed by atoms with Crippen molar-refractivity contribution < 1.29 is 9.90 Å². The first kappa shape index (κ1) is 23.0. The van der Waals surface area contributed by atoms with Gasteiger partial charge in [-0.15, -0.1) is 11.3 Å². The fourth-order valence-electron chi connectivity index (χ4n) is 3.31. The highest BCUT2D eigenvalue weighted by atomic mass is 35.5. The number of anilines is 1. The van der Waals surface area contributed by atoms with Crippen molar-refractivity contribution in [2.75, 3.05) is 11.9 Å². The summed E-state index contributed by atoms with van der Waals surface area (Å²) in [6.45, 7) is 6.50. The van der Waals surface area contributed by atoms with Crippen LogP contribution in [0.3, 0.4) is 0 Å². The average Bonchev–Trinajstić information content (AvgIpc) is 3.09. The molecule has 0 radical (unpaired) electrons. The molecule has 0 saturated heterocycles. The van der Waals surface area contributed by atoms with E-state index in [0.29, 0.717) is 21.6 Å². The number of rotatable bonds is 9. The summed E-state index contributed by atoms with van der Waals surface area (Å²) in [6, 6.07) is 9.02. The average molecular weight is 460 g/mol. The molecule has 1 unspecified atom stereocenters. The fraction of sp³-hybridized carbons (Fsp3) is 0.348. The zero-order chi connectivity index (χ0) is 22.5. The third kappa shape index (κ3) is 6.18. The van der Waals surface area contributed by atoms with Gasteiger partial charge in [-0.3, -0.25) is 9.59 Å². The minimum atomic E-state index is -0.916. The molecule has 0 bridgehead atoms. The number of hydrogen-bond acceptors (Lipinski definition) is 5. The zero-order valence-electron chi connectivity index (χ0n) is 17.7. The highest BCUT2D eigenvalue weighted by Gasteiger charge is 2.20. The van der Waals surface area contributed by atoms with E-state index >= 15 is 0 Å². The first-order valence-electron chi connectivity index (χ1n) is 10.1. The smallest absolute Gasteiger partial charge is 0.308 e. The van der Waals surface area contributed by atoms with E-state index in [1.807, 2.05) is 25.1 Å². The number of carboxylic acid groups (broad SMARTS) is 1. The lowest BCUT2D eigenvalue weighted by atomic mass is 10.0. The number of aliphatic carboxylic acids is 1. The van der Waals surface area contributed by atoms with E-state index in [1.54, 1.807) is 17.4 Å². The minimum Gasteiger partial charge on any atom is -0.481 e. The number of aryl methyl sites for hydroxylation is 1. The van der Waals surface area contributed by atoms with Gasteiger partial charge in [-0.1, -0.05) is 31.5 Å². The summed E-state index contributed by atoms with van der Waals surface area (Å²) >= 11 is 7.73. The number of benzene rings is 1. The molecule has 31 heavy (non-hydrogen) atoms. The molecule has 0 aliphatic rings. The number of H-pyrrole nitrogens is 1. The van der Waals surface area contributed by atoms with Gasteiger partial charge in [0, 0.05) is 34.3 Å². The summed E-state index contributed by atoms with van der Waals surface area (Å²) in [5.74, 6) is -1.14. The van der Waals surface area contributed by atoms with Crippen LogP contribution in [-0.4, -0.2) is 27.6 Å². The van der Waals surface area contributed by atoms with Gasteiger partial charge in [0.25, 0.3) is 0 Å². The number of aromatic amines is 1. The van der Waals surface area contributed by atoms with Gasteiger partial charge in [0.2, 0.25) is 5.56 Å². The number of nitrogens with one attached hydrogen (secondary N) is 2. The first-order chi connectivity index (χ1) is 14.7. The minimum absolute atomic E-state index is 0.218. The molecule has 0 fully saturated rings. The Labute approximate surface area is 190 Å². The van der Waals surface area contributed by atoms with E-state index in [-0.39, 0.29) is 18.5 Å². The Morgan fingerprint density at radius 3 is 2.68 bits per heavy atom. The van der Waals surface area contributed by atoms with Crippen LogP contribution in [0.15, 0.2) is 41.3 Å². The zero-order valence-corrected chi connectivity index (χ0v) is 19.3. The Morgan fingerprint density at radius 2 is 2.03 bits per heavy atom. The van der Waals surface area contributed by atoms with E-state index in [2.05, 4.69) is 24.1 Å². The largest absolute Gasteiger partial charge is 0.481 e. The number of carbonyl (C=O) groups is 1. The third-order valence-electron chi connectivity index (χ3n) is 4.89. The summed E-state index contributed by atoms with van der Waals surface area (Å²) in [5, 5.41) is 14.2. The molecule has 8 heteroatoms. The van der Waals surface area contributed by atoms with Crippen LogP contribution in [0.5, 0.6) is 0 Å². The lowest BCUT2D eigenvalue weighted by molar-refractivity contribution is -0.141. The number of thiazole rings is 1. The molecule has 2 aromatic heterocycles. The maximum Gasteiger partial charge on any atom is 0.308 e. The molecule has 3 aromatic rings. The molecule has 6 nitrogen and oxygen atoms in total. The van der Waals surface area contributed by atoms with Crippen LogP contribution in [0.4, 0.5) is 5.13 Å². The maximum absolute atomic E-state index is 11.8. The van der Waals surface area contributed by atoms with Gasteiger partial charge >= 0.3 is 5.97 Å². The molecular weight excluding hydrogens is 434 g/mol. The second-order valence-electron chi connectivity index (χ2n) is 8.03. The quantitative estimate of drug-likeness (QED) is 0.418. The number of carboxylic acids is 1. The fourth-order valence-corrected chi connectivity index (χ4v) is 4.63. The van der Waals surface area contributed by atoms with E-state index in [9.17, 15) is 14.7 Å². The highest BCUT2D eigenvalue weighted by molar-refractivity contribution is 7.16. The number of aromatic nitrogens is 2. The summed E-state index contributed by atoms with van der Waals surface area (Å²) in [4.78, 5) is 31.7. The van der Waals surface area contributed by atoms with Crippen molar-refractivity contribution >= 4 is 34.0 Å². The second kappa shape index (κ2) is 10.1. The standard InChI is InChI=1S/C23H26ClN3O3S/c1-13(2)8-19-21(16-4-5-18(24)14(3)9-16)27-23(31-19)26-12-17(22(29)30)10-15-6-7-25-20(28)11-15/h4-7,9,11,13,17H,8,10,12H2,1-3H3,(H,25,28)(H,26,27)(H,29,30). The first-order valence-corrected chi connectivity index (χ1v) is 11.3. The summed E-state index contributed by atoms with van der Waals surface area (Å²) in [6.07, 6.45) is 2.68. The van der Waals surface area contributed by atoms with Gasteiger partial charge in [0.15, 0.2) is 5.13 Å². The molecule has 1 atom stereocenters. The van der Waals surface area contributed by atoms with Crippen LogP contribution in [-0.2, 0) is 17.6 Å². The number of pyridine rings is 1. The van der Waals surface area contributed by atoms with Crippen LogP contribution in [0.1, 0.15) is 29.9 Å². The van der Waals surface area contributed by atoms with Gasteiger partial charge < -0.3 is 15.4 Å². The van der Waals surface area contributed by atoms with Crippen molar-refractivity contribution in [3.8, 4) is 11.3 Å². The Kier molecular flexibility index (Phi) is 7.51. The third-order valence-corrected chi connectivity index (χ3v) is 6.35. The molecule has 3 N–H and O–H groups in total. The van der Waals surface area contributed by atoms with Gasteiger partial charge in [0.05, 0.1) is 11.6 Å². The Balaban J connectivity index is 1.81. The van der Waals surface area contributed by atoms with E-state index in [4.69, 9.17) is 16.6 Å². The predicted molar refractivity (Wildman–Crippen MR) is 126 cm³/mol. The maximum atomic E-state index is 11.8. The monoisotopic (exact) mass is 459 g/mol. The number of nitrogens with zero attached hydrogens (tertiary/aromatic N) is 1. The van der Waals surface area contributed by atoms with Crippen LogP contribution in [0.25, 0.3) is 11.3 Å². The predicted octanol–water partition coefficient (Wildman–Crippen LogP) is 5.01. The van der Waals surface area contributed by atoms with Crippen molar-refractivity contribution in [1.82, 2.24) is 9.97 Å². The molecule has 0 amide bonds. The molecule has 0 aliphatic carbocycles. The van der Waals surface area contributed by atoms with E-state index in [1.165, 1.54) is 12.3 Å². The Bertz CT molecular complexity index is 1120. The SMILES string of the molecule is Cc1cc(-c2nc(NCC(Cc3cc[nH]c(=O)c3)C(=O)O)sc2CC(C)C)ccc1Cl. The molecule has 0 saturated carbocycles. The summed E-state index contributed by atoms with van der Waals surface area (Å²) in [7, 11) is 0. The molecule has 0 spiro atoms.